The number of carbonyl (C=O) groups excluding carboxylic acids is 1. The van der Waals surface area contributed by atoms with Crippen LogP contribution in [-0.4, -0.2) is 30.7 Å². The Bertz CT molecular complexity index is 541. The Morgan fingerprint density at radius 3 is 2.82 bits per heavy atom. The molecular weight excluding hydrogens is 306 g/mol. The van der Waals surface area contributed by atoms with E-state index in [0.717, 1.165) is 10.0 Å². The lowest BCUT2D eigenvalue weighted by Crippen LogP contribution is -2.18. The zero-order chi connectivity index (χ0) is 12.5. The van der Waals surface area contributed by atoms with Gasteiger partial charge in [0.15, 0.2) is 9.84 Å². The summed E-state index contributed by atoms with van der Waals surface area (Å²) < 4.78 is 23.4. The lowest BCUT2D eigenvalue weighted by molar-refractivity contribution is -0.121. The summed E-state index contributed by atoms with van der Waals surface area (Å²) in [6.45, 7) is 0. The highest BCUT2D eigenvalue weighted by Gasteiger charge is 2.32. The highest BCUT2D eigenvalue weighted by atomic mass is 79.9. The van der Waals surface area contributed by atoms with Gasteiger partial charge in [0.05, 0.1) is 11.5 Å². The monoisotopic (exact) mass is 317 g/mol. The lowest BCUT2D eigenvalue weighted by atomic mass is 9.98. The number of rotatable bonds is 3. The molecule has 1 fully saturated rings. The third kappa shape index (κ3) is 3.35. The third-order valence-corrected chi connectivity index (χ3v) is 5.03. The zero-order valence-electron chi connectivity index (χ0n) is 9.10. The molecule has 4 nitrogen and oxygen atoms in total. The van der Waals surface area contributed by atoms with E-state index in [1.165, 1.54) is 0 Å². The third-order valence-electron chi connectivity index (χ3n) is 2.83. The van der Waals surface area contributed by atoms with Gasteiger partial charge >= 0.3 is 0 Å². The Balaban J connectivity index is 2.03. The normalized spacial score (nSPS) is 22.5. The highest BCUT2D eigenvalue weighted by Crippen LogP contribution is 2.21. The van der Waals surface area contributed by atoms with Gasteiger partial charge in [0.1, 0.15) is 5.78 Å². The Morgan fingerprint density at radius 1 is 1.47 bits per heavy atom. The Morgan fingerprint density at radius 2 is 2.24 bits per heavy atom. The number of nitrogens with zero attached hydrogens (tertiary/aromatic N) is 1. The van der Waals surface area contributed by atoms with Crippen LogP contribution in [-0.2, 0) is 21.1 Å². The standard InChI is InChI=1S/C11H12BrNO3S/c12-10-3-8(5-13-6-10)4-11(14)9-1-2-17(15,16)7-9/h3,5-6,9H,1-2,4,7H2. The van der Waals surface area contributed by atoms with Crippen LogP contribution >= 0.6 is 15.9 Å². The molecule has 0 radical (unpaired) electrons. The van der Waals surface area contributed by atoms with Gasteiger partial charge in [-0.25, -0.2) is 8.42 Å². The van der Waals surface area contributed by atoms with Gasteiger partial charge in [-0.2, -0.15) is 0 Å². The Kier molecular flexibility index (Phi) is 3.63. The van der Waals surface area contributed by atoms with E-state index in [1.54, 1.807) is 12.4 Å². The van der Waals surface area contributed by atoms with Crippen LogP contribution in [0.1, 0.15) is 12.0 Å². The van der Waals surface area contributed by atoms with Crippen molar-refractivity contribution < 1.29 is 13.2 Å². The fourth-order valence-electron chi connectivity index (χ4n) is 1.95. The van der Waals surface area contributed by atoms with Crippen molar-refractivity contribution in [2.75, 3.05) is 11.5 Å². The first-order valence-electron chi connectivity index (χ1n) is 5.29. The average Bonchev–Trinajstić information content (AvgIpc) is 2.59. The molecule has 0 spiro atoms. The lowest BCUT2D eigenvalue weighted by Gasteiger charge is -2.06. The molecule has 2 rings (SSSR count). The SMILES string of the molecule is O=C(Cc1cncc(Br)c1)C1CCS(=O)(=O)C1. The molecule has 0 N–H and O–H groups in total. The summed E-state index contributed by atoms with van der Waals surface area (Å²) in [4.78, 5) is 15.9. The number of hydrogen-bond donors (Lipinski definition) is 0. The maximum Gasteiger partial charge on any atom is 0.151 e. The maximum atomic E-state index is 11.9. The topological polar surface area (TPSA) is 64.1 Å². The van der Waals surface area contributed by atoms with Crippen molar-refractivity contribution in [2.24, 2.45) is 5.92 Å². The van der Waals surface area contributed by atoms with Crippen molar-refractivity contribution in [3.8, 4) is 0 Å². The zero-order valence-corrected chi connectivity index (χ0v) is 11.5. The number of carbonyl (C=O) groups is 1. The predicted octanol–water partition coefficient (Wildman–Crippen LogP) is 1.39. The van der Waals surface area contributed by atoms with Gasteiger partial charge in [-0.3, -0.25) is 9.78 Å². The van der Waals surface area contributed by atoms with Gasteiger partial charge in [-0.05, 0) is 34.0 Å². The van der Waals surface area contributed by atoms with Gasteiger partial charge in [-0.15, -0.1) is 0 Å². The molecule has 1 aliphatic heterocycles. The second-order valence-corrected chi connectivity index (χ2v) is 7.40. The fraction of sp³-hybridized carbons (Fsp3) is 0.455. The summed E-state index contributed by atoms with van der Waals surface area (Å²) in [5.74, 6) is -0.196. The van der Waals surface area contributed by atoms with Crippen LogP contribution in [0.4, 0.5) is 0 Å². The minimum Gasteiger partial charge on any atom is -0.299 e. The predicted molar refractivity (Wildman–Crippen MR) is 67.4 cm³/mol. The second kappa shape index (κ2) is 4.86. The molecule has 1 aromatic heterocycles. The summed E-state index contributed by atoms with van der Waals surface area (Å²) in [6, 6.07) is 1.83. The smallest absolute Gasteiger partial charge is 0.151 e. The maximum absolute atomic E-state index is 11.9. The van der Waals surface area contributed by atoms with Crippen LogP contribution in [0.2, 0.25) is 0 Å². The van der Waals surface area contributed by atoms with Crippen LogP contribution in [0, 0.1) is 5.92 Å². The summed E-state index contributed by atoms with van der Waals surface area (Å²) >= 11 is 3.28. The molecule has 1 saturated heterocycles. The van der Waals surface area contributed by atoms with Gasteiger partial charge in [0, 0.05) is 29.2 Å². The number of Topliss-reactive ketones (excluding diaryl/α,β-unsaturated/α-hetero) is 1. The quantitative estimate of drug-likeness (QED) is 0.845. The molecule has 0 aromatic carbocycles. The van der Waals surface area contributed by atoms with Crippen LogP contribution in [0.3, 0.4) is 0 Å². The summed E-state index contributed by atoms with van der Waals surface area (Å²) in [6.07, 6.45) is 4.00. The molecule has 2 heterocycles. The van der Waals surface area contributed by atoms with E-state index in [2.05, 4.69) is 20.9 Å². The van der Waals surface area contributed by atoms with Crippen molar-refractivity contribution in [3.63, 3.8) is 0 Å². The molecule has 0 bridgehead atoms. The van der Waals surface area contributed by atoms with Crippen LogP contribution in [0.5, 0.6) is 0 Å². The van der Waals surface area contributed by atoms with E-state index in [0.29, 0.717) is 6.42 Å². The van der Waals surface area contributed by atoms with Gasteiger partial charge < -0.3 is 0 Å². The van der Waals surface area contributed by atoms with Crippen molar-refractivity contribution >= 4 is 31.6 Å². The minimum atomic E-state index is -2.99. The van der Waals surface area contributed by atoms with Gasteiger partial charge in [-0.1, -0.05) is 0 Å². The van der Waals surface area contributed by atoms with Crippen molar-refractivity contribution in [2.45, 2.75) is 12.8 Å². The molecule has 0 saturated carbocycles. The number of aromatic nitrogens is 1. The highest BCUT2D eigenvalue weighted by molar-refractivity contribution is 9.10. The molecule has 1 aromatic rings. The van der Waals surface area contributed by atoms with E-state index in [-0.39, 0.29) is 29.6 Å². The van der Waals surface area contributed by atoms with E-state index < -0.39 is 9.84 Å². The molecule has 17 heavy (non-hydrogen) atoms. The molecular formula is C11H12BrNO3S. The van der Waals surface area contributed by atoms with E-state index in [1.807, 2.05) is 6.07 Å². The summed E-state index contributed by atoms with van der Waals surface area (Å²) in [5, 5.41) is 0. The summed E-state index contributed by atoms with van der Waals surface area (Å²) in [5.41, 5.74) is 0.814. The number of hydrogen-bond acceptors (Lipinski definition) is 4. The Labute approximate surface area is 108 Å². The van der Waals surface area contributed by atoms with Crippen molar-refractivity contribution in [1.82, 2.24) is 4.98 Å². The van der Waals surface area contributed by atoms with E-state index in [4.69, 9.17) is 0 Å². The molecule has 1 aliphatic rings. The molecule has 6 heteroatoms. The number of pyridine rings is 1. The average molecular weight is 318 g/mol. The van der Waals surface area contributed by atoms with E-state index >= 15 is 0 Å². The summed E-state index contributed by atoms with van der Waals surface area (Å²) in [7, 11) is -2.99. The van der Waals surface area contributed by atoms with Crippen LogP contribution in [0.25, 0.3) is 0 Å². The number of sulfone groups is 1. The minimum absolute atomic E-state index is 0.00721. The van der Waals surface area contributed by atoms with Crippen LogP contribution < -0.4 is 0 Å². The molecule has 0 aliphatic carbocycles. The first-order chi connectivity index (χ1) is 7.96. The second-order valence-electron chi connectivity index (χ2n) is 4.25. The fourth-order valence-corrected chi connectivity index (χ4v) is 4.14. The number of ketones is 1. The van der Waals surface area contributed by atoms with E-state index in [9.17, 15) is 13.2 Å². The number of halogens is 1. The first-order valence-corrected chi connectivity index (χ1v) is 7.90. The van der Waals surface area contributed by atoms with Gasteiger partial charge in [0.25, 0.3) is 0 Å². The first kappa shape index (κ1) is 12.7. The largest absolute Gasteiger partial charge is 0.299 e. The molecule has 0 amide bonds. The van der Waals surface area contributed by atoms with Crippen molar-refractivity contribution in [3.05, 3.63) is 28.5 Å². The van der Waals surface area contributed by atoms with Gasteiger partial charge in [0.2, 0.25) is 0 Å². The molecule has 1 atom stereocenters. The molecule has 92 valence electrons. The Hall–Kier alpha value is -0.750. The van der Waals surface area contributed by atoms with Crippen LogP contribution in [0.15, 0.2) is 22.9 Å². The molecule has 1 unspecified atom stereocenters. The van der Waals surface area contributed by atoms with Crippen molar-refractivity contribution in [1.29, 1.82) is 0 Å².